The highest BCUT2D eigenvalue weighted by Crippen LogP contribution is 2.04. The van der Waals surface area contributed by atoms with Gasteiger partial charge in [-0.2, -0.15) is 0 Å². The Kier molecular flexibility index (Phi) is 19.1. The zero-order valence-electron chi connectivity index (χ0n) is 17.2. The molecule has 0 aromatic heterocycles. The standard InChI is InChI=1S/C19H36N2O7/c1-3-17(2)15-18(23)21-16-19(24)20-5-8-26-10-12-28-14-13-27-11-9-25-7-4-6-22/h6,17H,3-5,7-16H2,1-2H3,(H,20,24)(H,21,23). The highest BCUT2D eigenvalue weighted by atomic mass is 16.6. The molecule has 0 rings (SSSR count). The summed E-state index contributed by atoms with van der Waals surface area (Å²) in [6, 6.07) is 0. The monoisotopic (exact) mass is 404 g/mol. The molecule has 0 aromatic carbocycles. The van der Waals surface area contributed by atoms with Crippen molar-refractivity contribution in [2.24, 2.45) is 5.92 Å². The van der Waals surface area contributed by atoms with Crippen molar-refractivity contribution in [1.29, 1.82) is 0 Å². The van der Waals surface area contributed by atoms with Crippen molar-refractivity contribution in [3.05, 3.63) is 0 Å². The van der Waals surface area contributed by atoms with Crippen LogP contribution in [0.25, 0.3) is 0 Å². The highest BCUT2D eigenvalue weighted by Gasteiger charge is 2.08. The molecular weight excluding hydrogens is 368 g/mol. The summed E-state index contributed by atoms with van der Waals surface area (Å²) >= 11 is 0. The molecule has 9 heteroatoms. The van der Waals surface area contributed by atoms with Crippen LogP contribution in [0.2, 0.25) is 0 Å². The number of carbonyl (C=O) groups is 3. The Balaban J connectivity index is 3.27. The van der Waals surface area contributed by atoms with Gasteiger partial charge in [-0.05, 0) is 5.92 Å². The number of amides is 2. The predicted octanol–water partition coefficient (Wildman–Crippen LogP) is 0.310. The largest absolute Gasteiger partial charge is 0.379 e. The van der Waals surface area contributed by atoms with Crippen molar-refractivity contribution in [2.45, 2.75) is 33.1 Å². The van der Waals surface area contributed by atoms with Crippen molar-refractivity contribution < 1.29 is 33.3 Å². The molecule has 0 bridgehead atoms. The molecule has 0 radical (unpaired) electrons. The van der Waals surface area contributed by atoms with Crippen LogP contribution in [-0.4, -0.2) is 84.0 Å². The fourth-order valence-corrected chi connectivity index (χ4v) is 1.93. The molecule has 164 valence electrons. The Morgan fingerprint density at radius 1 is 0.821 bits per heavy atom. The molecule has 0 aliphatic carbocycles. The Bertz CT molecular complexity index is 408. The van der Waals surface area contributed by atoms with E-state index in [4.69, 9.17) is 18.9 Å². The van der Waals surface area contributed by atoms with Crippen LogP contribution < -0.4 is 10.6 Å². The maximum absolute atomic E-state index is 11.6. The second kappa shape index (κ2) is 20.2. The lowest BCUT2D eigenvalue weighted by Crippen LogP contribution is -2.38. The lowest BCUT2D eigenvalue weighted by Gasteiger charge is -2.10. The molecule has 0 fully saturated rings. The molecule has 1 atom stereocenters. The molecule has 0 aromatic rings. The molecule has 2 N–H and O–H groups in total. The van der Waals surface area contributed by atoms with Crippen LogP contribution in [0.15, 0.2) is 0 Å². The molecule has 0 spiro atoms. The SMILES string of the molecule is CCC(C)CC(=O)NCC(=O)NCCOCCOCCOCCOCCC=O. The van der Waals surface area contributed by atoms with Crippen molar-refractivity contribution in [1.82, 2.24) is 10.6 Å². The van der Waals surface area contributed by atoms with Gasteiger partial charge in [0.15, 0.2) is 0 Å². The van der Waals surface area contributed by atoms with E-state index in [-0.39, 0.29) is 18.4 Å². The zero-order chi connectivity index (χ0) is 20.9. The van der Waals surface area contributed by atoms with Gasteiger partial charge in [-0.3, -0.25) is 9.59 Å². The number of nitrogens with one attached hydrogen (secondary N) is 2. The van der Waals surface area contributed by atoms with E-state index in [2.05, 4.69) is 10.6 Å². The van der Waals surface area contributed by atoms with E-state index < -0.39 is 0 Å². The third-order valence-corrected chi connectivity index (χ3v) is 3.74. The molecule has 0 aliphatic rings. The van der Waals surface area contributed by atoms with Crippen molar-refractivity contribution in [2.75, 3.05) is 65.9 Å². The topological polar surface area (TPSA) is 112 Å². The van der Waals surface area contributed by atoms with E-state index in [0.29, 0.717) is 78.2 Å². The Morgan fingerprint density at radius 2 is 1.36 bits per heavy atom. The Morgan fingerprint density at radius 3 is 1.89 bits per heavy atom. The normalized spacial score (nSPS) is 11.8. The molecule has 1 unspecified atom stereocenters. The van der Waals surface area contributed by atoms with Gasteiger partial charge in [-0.1, -0.05) is 20.3 Å². The van der Waals surface area contributed by atoms with Crippen molar-refractivity contribution >= 4 is 18.1 Å². The predicted molar refractivity (Wildman–Crippen MR) is 104 cm³/mol. The summed E-state index contributed by atoms with van der Waals surface area (Å²) in [5.74, 6) is -0.0181. The minimum Gasteiger partial charge on any atom is -0.379 e. The van der Waals surface area contributed by atoms with E-state index in [1.54, 1.807) is 0 Å². The molecule has 0 saturated carbocycles. The van der Waals surface area contributed by atoms with E-state index in [1.165, 1.54) is 0 Å². The second-order valence-electron chi connectivity index (χ2n) is 6.25. The van der Waals surface area contributed by atoms with Gasteiger partial charge < -0.3 is 34.4 Å². The average Bonchev–Trinajstić information content (AvgIpc) is 2.69. The van der Waals surface area contributed by atoms with Gasteiger partial charge in [0.2, 0.25) is 11.8 Å². The summed E-state index contributed by atoms with van der Waals surface area (Å²) in [6.07, 6.45) is 2.60. The number of rotatable bonds is 20. The lowest BCUT2D eigenvalue weighted by molar-refractivity contribution is -0.126. The highest BCUT2D eigenvalue weighted by molar-refractivity contribution is 5.84. The van der Waals surface area contributed by atoms with Crippen LogP contribution in [0.1, 0.15) is 33.1 Å². The van der Waals surface area contributed by atoms with Crippen LogP contribution in [0.4, 0.5) is 0 Å². The second-order valence-corrected chi connectivity index (χ2v) is 6.25. The molecular formula is C19H36N2O7. The molecule has 0 aliphatic heterocycles. The van der Waals surface area contributed by atoms with Gasteiger partial charge in [-0.25, -0.2) is 0 Å². The Labute approximate surface area is 167 Å². The molecule has 2 amide bonds. The maximum atomic E-state index is 11.6. The first-order valence-corrected chi connectivity index (χ1v) is 9.88. The first-order valence-electron chi connectivity index (χ1n) is 9.88. The van der Waals surface area contributed by atoms with E-state index in [9.17, 15) is 14.4 Å². The van der Waals surface area contributed by atoms with E-state index >= 15 is 0 Å². The van der Waals surface area contributed by atoms with Gasteiger partial charge >= 0.3 is 0 Å². The summed E-state index contributed by atoms with van der Waals surface area (Å²) in [4.78, 5) is 33.2. The zero-order valence-corrected chi connectivity index (χ0v) is 17.2. The smallest absolute Gasteiger partial charge is 0.239 e. The minimum absolute atomic E-state index is 0.0134. The van der Waals surface area contributed by atoms with Crippen LogP contribution in [-0.2, 0) is 33.3 Å². The fraction of sp³-hybridized carbons (Fsp3) is 0.842. The fourth-order valence-electron chi connectivity index (χ4n) is 1.93. The van der Waals surface area contributed by atoms with Crippen molar-refractivity contribution in [3.8, 4) is 0 Å². The summed E-state index contributed by atoms with van der Waals surface area (Å²) < 4.78 is 21.1. The first kappa shape index (κ1) is 26.4. The minimum atomic E-state index is -0.232. The van der Waals surface area contributed by atoms with Gasteiger partial charge in [-0.15, -0.1) is 0 Å². The summed E-state index contributed by atoms with van der Waals surface area (Å²) in [6.45, 7) is 7.94. The number of aldehydes is 1. The quantitative estimate of drug-likeness (QED) is 0.222. The van der Waals surface area contributed by atoms with Gasteiger partial charge in [0.25, 0.3) is 0 Å². The van der Waals surface area contributed by atoms with E-state index in [1.807, 2.05) is 13.8 Å². The number of hydrogen-bond donors (Lipinski definition) is 2. The lowest BCUT2D eigenvalue weighted by atomic mass is 10.1. The number of hydrogen-bond acceptors (Lipinski definition) is 7. The molecule has 28 heavy (non-hydrogen) atoms. The van der Waals surface area contributed by atoms with Gasteiger partial charge in [0.05, 0.1) is 59.4 Å². The van der Waals surface area contributed by atoms with Crippen LogP contribution in [0.5, 0.6) is 0 Å². The molecule has 9 nitrogen and oxygen atoms in total. The third kappa shape index (κ3) is 19.2. The summed E-state index contributed by atoms with van der Waals surface area (Å²) in [5, 5.41) is 5.28. The summed E-state index contributed by atoms with van der Waals surface area (Å²) in [7, 11) is 0. The number of ether oxygens (including phenoxy) is 4. The molecule has 0 saturated heterocycles. The van der Waals surface area contributed by atoms with Gasteiger partial charge in [0, 0.05) is 19.4 Å². The van der Waals surface area contributed by atoms with Crippen LogP contribution >= 0.6 is 0 Å². The molecule has 0 heterocycles. The van der Waals surface area contributed by atoms with Crippen molar-refractivity contribution in [3.63, 3.8) is 0 Å². The van der Waals surface area contributed by atoms with Crippen LogP contribution in [0, 0.1) is 5.92 Å². The Hall–Kier alpha value is -1.55. The average molecular weight is 405 g/mol. The third-order valence-electron chi connectivity index (χ3n) is 3.74. The van der Waals surface area contributed by atoms with E-state index in [0.717, 1.165) is 12.7 Å². The number of carbonyl (C=O) groups excluding carboxylic acids is 3. The maximum Gasteiger partial charge on any atom is 0.239 e. The summed E-state index contributed by atoms with van der Waals surface area (Å²) in [5.41, 5.74) is 0. The first-order chi connectivity index (χ1) is 13.6. The van der Waals surface area contributed by atoms with Crippen LogP contribution in [0.3, 0.4) is 0 Å². The van der Waals surface area contributed by atoms with Gasteiger partial charge in [0.1, 0.15) is 6.29 Å².